The minimum Gasteiger partial charge on any atom is -0.508 e. The van der Waals surface area contributed by atoms with E-state index in [-0.39, 0.29) is 30.9 Å². The Kier molecular flexibility index (Phi) is 9.60. The van der Waals surface area contributed by atoms with Crippen LogP contribution in [0.5, 0.6) is 11.5 Å². The zero-order chi connectivity index (χ0) is 22.8. The minimum absolute atomic E-state index is 0.0666. The number of halogens is 2. The molecule has 2 aromatic rings. The standard InChI is InChI=1S/C10H14FNO3.C10H12FNO3/c11-6-10(12,7-15-14)5-8-1-3-9(13)4-2-8;11-6-10(12,9(14)15)5-7-1-3-8(13)4-2-7/h1-4,13-14H,5-7,12H2;1-4,13H,5-6,12H2,(H,14,15)/t10-;/m0./s1. The molecule has 1 unspecified atom stereocenters. The van der Waals surface area contributed by atoms with E-state index in [9.17, 15) is 13.6 Å². The molecule has 10 heteroatoms. The van der Waals surface area contributed by atoms with Gasteiger partial charge in [-0.25, -0.2) is 13.7 Å². The molecule has 0 aromatic heterocycles. The van der Waals surface area contributed by atoms with Crippen LogP contribution in [0.1, 0.15) is 11.1 Å². The maximum Gasteiger partial charge on any atom is 0.326 e. The van der Waals surface area contributed by atoms with Gasteiger partial charge < -0.3 is 26.8 Å². The summed E-state index contributed by atoms with van der Waals surface area (Å²) in [5.41, 5.74) is 9.24. The molecule has 166 valence electrons. The number of aromatic hydroxyl groups is 2. The molecule has 8 N–H and O–H groups in total. The molecule has 0 spiro atoms. The van der Waals surface area contributed by atoms with Crippen molar-refractivity contribution in [2.45, 2.75) is 23.9 Å². The van der Waals surface area contributed by atoms with Gasteiger partial charge in [-0.1, -0.05) is 24.3 Å². The normalized spacial score (nSPS) is 14.7. The average Bonchev–Trinajstić information content (AvgIpc) is 2.72. The number of aliphatic carboxylic acids is 1. The average molecular weight is 428 g/mol. The highest BCUT2D eigenvalue weighted by atomic mass is 19.1. The third kappa shape index (κ3) is 7.91. The zero-order valence-corrected chi connectivity index (χ0v) is 16.2. The number of carboxylic acids is 1. The van der Waals surface area contributed by atoms with Crippen molar-refractivity contribution in [2.24, 2.45) is 11.5 Å². The summed E-state index contributed by atoms with van der Waals surface area (Å²) in [4.78, 5) is 14.6. The molecule has 0 fully saturated rings. The Morgan fingerprint density at radius 3 is 1.63 bits per heavy atom. The Morgan fingerprint density at radius 2 is 1.30 bits per heavy atom. The number of hydrogen-bond acceptors (Lipinski definition) is 7. The number of nitrogens with two attached hydrogens (primary N) is 2. The van der Waals surface area contributed by atoms with E-state index in [2.05, 4.69) is 4.89 Å². The number of carboxylic acid groups (broad SMARTS) is 1. The fourth-order valence-electron chi connectivity index (χ4n) is 2.44. The van der Waals surface area contributed by atoms with Crippen LogP contribution >= 0.6 is 0 Å². The van der Waals surface area contributed by atoms with Crippen molar-refractivity contribution in [1.82, 2.24) is 0 Å². The molecule has 0 saturated carbocycles. The highest BCUT2D eigenvalue weighted by molar-refractivity contribution is 5.79. The number of alkyl halides is 2. The summed E-state index contributed by atoms with van der Waals surface area (Å²) in [6.07, 6.45) is 0.115. The van der Waals surface area contributed by atoms with Gasteiger partial charge >= 0.3 is 5.97 Å². The predicted molar refractivity (Wildman–Crippen MR) is 106 cm³/mol. The third-order valence-electron chi connectivity index (χ3n) is 4.23. The van der Waals surface area contributed by atoms with Crippen molar-refractivity contribution in [1.29, 1.82) is 0 Å². The number of rotatable bonds is 9. The van der Waals surface area contributed by atoms with Crippen LogP contribution in [0.3, 0.4) is 0 Å². The third-order valence-corrected chi connectivity index (χ3v) is 4.23. The largest absolute Gasteiger partial charge is 0.508 e. The molecule has 30 heavy (non-hydrogen) atoms. The van der Waals surface area contributed by atoms with E-state index in [4.69, 9.17) is 32.0 Å². The molecule has 0 heterocycles. The van der Waals surface area contributed by atoms with Crippen LogP contribution in [0.15, 0.2) is 48.5 Å². The summed E-state index contributed by atoms with van der Waals surface area (Å²) < 4.78 is 25.1. The van der Waals surface area contributed by atoms with E-state index in [1.165, 1.54) is 36.4 Å². The van der Waals surface area contributed by atoms with Gasteiger partial charge in [0.15, 0.2) is 0 Å². The van der Waals surface area contributed by atoms with E-state index in [0.717, 1.165) is 5.56 Å². The molecule has 8 nitrogen and oxygen atoms in total. The lowest BCUT2D eigenvalue weighted by molar-refractivity contribution is -0.254. The van der Waals surface area contributed by atoms with Crippen molar-refractivity contribution in [3.8, 4) is 11.5 Å². The SMILES string of the molecule is NC(CF)(Cc1ccc(O)cc1)C(=O)O.N[C@@](CF)(COO)Cc1ccc(O)cc1. The molecule has 0 radical (unpaired) electrons. The second-order valence-corrected chi connectivity index (χ2v) is 7.05. The van der Waals surface area contributed by atoms with E-state index in [0.29, 0.717) is 5.56 Å². The molecule has 0 saturated heterocycles. The van der Waals surface area contributed by atoms with E-state index >= 15 is 0 Å². The first-order chi connectivity index (χ1) is 14.1. The maximum absolute atomic E-state index is 12.6. The van der Waals surface area contributed by atoms with Crippen molar-refractivity contribution in [3.63, 3.8) is 0 Å². The maximum atomic E-state index is 12.6. The summed E-state index contributed by atoms with van der Waals surface area (Å²) in [6.45, 7) is -2.21. The van der Waals surface area contributed by atoms with E-state index in [1.54, 1.807) is 12.1 Å². The van der Waals surface area contributed by atoms with Crippen molar-refractivity contribution < 1.29 is 39.0 Å². The Bertz CT molecular complexity index is 791. The number of carbonyl (C=O) groups is 1. The fourth-order valence-corrected chi connectivity index (χ4v) is 2.44. The predicted octanol–water partition coefficient (Wildman–Crippen LogP) is 1.78. The lowest BCUT2D eigenvalue weighted by Crippen LogP contribution is -2.52. The molecule has 0 aliphatic carbocycles. The molecule has 0 aliphatic heterocycles. The highest BCUT2D eigenvalue weighted by Gasteiger charge is 2.34. The van der Waals surface area contributed by atoms with Gasteiger partial charge in [0.1, 0.15) is 37.0 Å². The first kappa shape index (κ1) is 25.2. The first-order valence-corrected chi connectivity index (χ1v) is 8.83. The van der Waals surface area contributed by atoms with Crippen molar-refractivity contribution >= 4 is 5.97 Å². The molecule has 2 atom stereocenters. The Balaban J connectivity index is 0.000000300. The highest BCUT2D eigenvalue weighted by Crippen LogP contribution is 2.17. The molecular formula is C20H26F2N2O6. The molecular weight excluding hydrogens is 402 g/mol. The van der Waals surface area contributed by atoms with Gasteiger partial charge in [-0.15, -0.1) is 0 Å². The molecule has 0 aliphatic rings. The van der Waals surface area contributed by atoms with Crippen LogP contribution in [-0.4, -0.2) is 57.6 Å². The summed E-state index contributed by atoms with van der Waals surface area (Å²) in [5.74, 6) is -1.17. The van der Waals surface area contributed by atoms with E-state index < -0.39 is 30.4 Å². The summed E-state index contributed by atoms with van der Waals surface area (Å²) in [5, 5.41) is 35.0. The smallest absolute Gasteiger partial charge is 0.326 e. The minimum atomic E-state index is -1.89. The van der Waals surface area contributed by atoms with Crippen LogP contribution in [-0.2, 0) is 22.5 Å². The van der Waals surface area contributed by atoms with Gasteiger partial charge in [-0.2, -0.15) is 0 Å². The van der Waals surface area contributed by atoms with Gasteiger partial charge in [0, 0.05) is 6.42 Å². The summed E-state index contributed by atoms with van der Waals surface area (Å²) in [6, 6.07) is 12.1. The van der Waals surface area contributed by atoms with E-state index in [1.807, 2.05) is 0 Å². The fraction of sp³-hybridized carbons (Fsp3) is 0.350. The number of benzene rings is 2. The molecule has 2 rings (SSSR count). The number of hydrogen-bond donors (Lipinski definition) is 6. The van der Waals surface area contributed by atoms with Gasteiger partial charge in [0.25, 0.3) is 0 Å². The van der Waals surface area contributed by atoms with Crippen LogP contribution < -0.4 is 11.5 Å². The second-order valence-electron chi connectivity index (χ2n) is 7.05. The van der Waals surface area contributed by atoms with Gasteiger partial charge in [-0.3, -0.25) is 10.1 Å². The van der Waals surface area contributed by atoms with Crippen LogP contribution in [0, 0.1) is 0 Å². The van der Waals surface area contributed by atoms with Crippen LogP contribution in [0.4, 0.5) is 8.78 Å². The van der Waals surface area contributed by atoms with Crippen molar-refractivity contribution in [3.05, 3.63) is 59.7 Å². The zero-order valence-electron chi connectivity index (χ0n) is 16.2. The lowest BCUT2D eigenvalue weighted by atomic mass is 9.93. The number of phenolic OH excluding ortho intramolecular Hbond substituents is 2. The summed E-state index contributed by atoms with van der Waals surface area (Å²) in [7, 11) is 0. The number of phenols is 2. The van der Waals surface area contributed by atoms with Crippen molar-refractivity contribution in [2.75, 3.05) is 20.0 Å². The van der Waals surface area contributed by atoms with Gasteiger partial charge in [-0.05, 0) is 41.8 Å². The molecule has 0 bridgehead atoms. The lowest BCUT2D eigenvalue weighted by Gasteiger charge is -2.24. The van der Waals surface area contributed by atoms with Crippen LogP contribution in [0.2, 0.25) is 0 Å². The summed E-state index contributed by atoms with van der Waals surface area (Å²) >= 11 is 0. The Hall–Kier alpha value is -2.79. The topological polar surface area (TPSA) is 159 Å². The first-order valence-electron chi connectivity index (χ1n) is 8.83. The second kappa shape index (κ2) is 11.4. The van der Waals surface area contributed by atoms with Gasteiger partial charge in [0.05, 0.1) is 5.54 Å². The molecule has 2 aromatic carbocycles. The van der Waals surface area contributed by atoms with Gasteiger partial charge in [0.2, 0.25) is 0 Å². The van der Waals surface area contributed by atoms with Crippen LogP contribution in [0.25, 0.3) is 0 Å². The quantitative estimate of drug-likeness (QED) is 0.260. The Morgan fingerprint density at radius 1 is 0.867 bits per heavy atom. The monoisotopic (exact) mass is 428 g/mol. The molecule has 0 amide bonds. The Labute approximate surface area is 172 Å².